The average molecular weight is 355 g/mol. The summed E-state index contributed by atoms with van der Waals surface area (Å²) in [7, 11) is 0. The highest BCUT2D eigenvalue weighted by Gasteiger charge is 2.09. The maximum atomic E-state index is 11.8. The third-order valence-electron chi connectivity index (χ3n) is 2.51. The van der Waals surface area contributed by atoms with Crippen LogP contribution >= 0.6 is 35.6 Å². The molecule has 8 heteroatoms. The molecule has 0 bridgehead atoms. The van der Waals surface area contributed by atoms with Gasteiger partial charge in [-0.3, -0.25) is 9.59 Å². The van der Waals surface area contributed by atoms with E-state index in [1.54, 1.807) is 0 Å². The van der Waals surface area contributed by atoms with Gasteiger partial charge >= 0.3 is 0 Å². The lowest BCUT2D eigenvalue weighted by atomic mass is 10.2. The Morgan fingerprint density at radius 1 is 1.24 bits per heavy atom. The SMILES string of the molecule is CC(N)CCNC(=O)CNC(=O)c1ccc(Cl)c(Cl)c1.Cl. The molecule has 0 aliphatic rings. The van der Waals surface area contributed by atoms with Crippen LogP contribution in [-0.4, -0.2) is 30.9 Å². The molecule has 0 fully saturated rings. The van der Waals surface area contributed by atoms with E-state index in [2.05, 4.69) is 10.6 Å². The average Bonchev–Trinajstić information content (AvgIpc) is 2.38. The molecule has 1 rings (SSSR count). The Bertz CT molecular complexity index is 496. The van der Waals surface area contributed by atoms with Crippen molar-refractivity contribution in [2.45, 2.75) is 19.4 Å². The molecule has 0 saturated heterocycles. The van der Waals surface area contributed by atoms with E-state index >= 15 is 0 Å². The van der Waals surface area contributed by atoms with Crippen molar-refractivity contribution < 1.29 is 9.59 Å². The number of hydrogen-bond acceptors (Lipinski definition) is 3. The van der Waals surface area contributed by atoms with Crippen LogP contribution in [0.4, 0.5) is 0 Å². The molecule has 0 saturated carbocycles. The van der Waals surface area contributed by atoms with Gasteiger partial charge in [-0.2, -0.15) is 0 Å². The Hall–Kier alpha value is -1.01. The highest BCUT2D eigenvalue weighted by Crippen LogP contribution is 2.22. The Morgan fingerprint density at radius 2 is 1.90 bits per heavy atom. The number of benzene rings is 1. The maximum Gasteiger partial charge on any atom is 0.251 e. The smallest absolute Gasteiger partial charge is 0.251 e. The van der Waals surface area contributed by atoms with Gasteiger partial charge in [0.15, 0.2) is 0 Å². The number of nitrogens with one attached hydrogen (secondary N) is 2. The number of rotatable bonds is 6. The second-order valence-electron chi connectivity index (χ2n) is 4.43. The molecule has 0 radical (unpaired) electrons. The van der Waals surface area contributed by atoms with Crippen LogP contribution < -0.4 is 16.4 Å². The number of carbonyl (C=O) groups is 2. The van der Waals surface area contributed by atoms with Gasteiger partial charge in [0.25, 0.3) is 5.91 Å². The van der Waals surface area contributed by atoms with Gasteiger partial charge in [-0.15, -0.1) is 12.4 Å². The first-order valence-corrected chi connectivity index (χ1v) is 6.91. The van der Waals surface area contributed by atoms with Crippen molar-refractivity contribution in [1.29, 1.82) is 0 Å². The van der Waals surface area contributed by atoms with Crippen molar-refractivity contribution in [3.63, 3.8) is 0 Å². The van der Waals surface area contributed by atoms with Gasteiger partial charge in [-0.25, -0.2) is 0 Å². The number of hydrogen-bond donors (Lipinski definition) is 3. The summed E-state index contributed by atoms with van der Waals surface area (Å²) in [6.07, 6.45) is 0.687. The molecule has 1 aromatic rings. The molecule has 21 heavy (non-hydrogen) atoms. The predicted molar refractivity (Wildman–Crippen MR) is 87.3 cm³/mol. The monoisotopic (exact) mass is 353 g/mol. The second-order valence-corrected chi connectivity index (χ2v) is 5.24. The molecule has 0 heterocycles. The molecule has 4 N–H and O–H groups in total. The molecule has 1 aromatic carbocycles. The molecule has 118 valence electrons. The van der Waals surface area contributed by atoms with E-state index in [1.165, 1.54) is 18.2 Å². The van der Waals surface area contributed by atoms with E-state index in [4.69, 9.17) is 28.9 Å². The first kappa shape index (κ1) is 20.0. The molecular weight excluding hydrogens is 337 g/mol. The summed E-state index contributed by atoms with van der Waals surface area (Å²) in [5.74, 6) is -0.648. The van der Waals surface area contributed by atoms with Crippen molar-refractivity contribution in [1.82, 2.24) is 10.6 Å². The van der Waals surface area contributed by atoms with Crippen LogP contribution in [0.1, 0.15) is 23.7 Å². The van der Waals surface area contributed by atoms with E-state index < -0.39 is 0 Å². The summed E-state index contributed by atoms with van der Waals surface area (Å²) in [5, 5.41) is 5.82. The molecule has 1 atom stereocenters. The standard InChI is InChI=1S/C13H17Cl2N3O2.ClH/c1-8(16)4-5-17-12(19)7-18-13(20)9-2-3-10(14)11(15)6-9;/h2-3,6,8H,4-5,7,16H2,1H3,(H,17,19)(H,18,20);1H. The number of halogens is 3. The Morgan fingerprint density at radius 3 is 2.48 bits per heavy atom. The zero-order valence-electron chi connectivity index (χ0n) is 11.5. The predicted octanol–water partition coefficient (Wildman–Crippen LogP) is 2.00. The zero-order valence-corrected chi connectivity index (χ0v) is 13.8. The zero-order chi connectivity index (χ0) is 15.1. The Balaban J connectivity index is 0.00000400. The minimum atomic E-state index is -0.383. The molecule has 0 aromatic heterocycles. The highest BCUT2D eigenvalue weighted by molar-refractivity contribution is 6.42. The highest BCUT2D eigenvalue weighted by atomic mass is 35.5. The van der Waals surface area contributed by atoms with Crippen LogP contribution in [0.15, 0.2) is 18.2 Å². The summed E-state index contributed by atoms with van der Waals surface area (Å²) in [6.45, 7) is 2.25. The largest absolute Gasteiger partial charge is 0.355 e. The first-order valence-electron chi connectivity index (χ1n) is 6.15. The van der Waals surface area contributed by atoms with Crippen LogP contribution in [-0.2, 0) is 4.79 Å². The molecule has 5 nitrogen and oxygen atoms in total. The molecule has 1 unspecified atom stereocenters. The lowest BCUT2D eigenvalue weighted by Crippen LogP contribution is -2.38. The molecule has 0 aliphatic carbocycles. The number of nitrogens with two attached hydrogens (primary N) is 1. The van der Waals surface area contributed by atoms with E-state index in [0.29, 0.717) is 28.6 Å². The van der Waals surface area contributed by atoms with E-state index in [1.807, 2.05) is 6.92 Å². The lowest BCUT2D eigenvalue weighted by molar-refractivity contribution is -0.120. The first-order chi connectivity index (χ1) is 9.40. The second kappa shape index (κ2) is 9.84. The topological polar surface area (TPSA) is 84.2 Å². The summed E-state index contributed by atoms with van der Waals surface area (Å²) in [4.78, 5) is 23.2. The van der Waals surface area contributed by atoms with Crippen molar-refractivity contribution >= 4 is 47.4 Å². The third-order valence-corrected chi connectivity index (χ3v) is 3.25. The van der Waals surface area contributed by atoms with Crippen molar-refractivity contribution in [3.8, 4) is 0 Å². The third kappa shape index (κ3) is 7.52. The van der Waals surface area contributed by atoms with Crippen LogP contribution in [0.25, 0.3) is 0 Å². The van der Waals surface area contributed by atoms with Crippen LogP contribution in [0.3, 0.4) is 0 Å². The van der Waals surface area contributed by atoms with Gasteiger partial charge in [-0.05, 0) is 31.5 Å². The maximum absolute atomic E-state index is 11.8. The van der Waals surface area contributed by atoms with Crippen LogP contribution in [0, 0.1) is 0 Å². The number of carbonyl (C=O) groups excluding carboxylic acids is 2. The summed E-state index contributed by atoms with van der Waals surface area (Å²) in [5.41, 5.74) is 5.91. The van der Waals surface area contributed by atoms with Gasteiger partial charge in [0.05, 0.1) is 16.6 Å². The normalized spacial score (nSPS) is 11.2. The van der Waals surface area contributed by atoms with E-state index in [0.717, 1.165) is 0 Å². The molecule has 2 amide bonds. The summed E-state index contributed by atoms with van der Waals surface area (Å²) < 4.78 is 0. The Kier molecular flexibility index (Phi) is 9.37. The quantitative estimate of drug-likeness (QED) is 0.730. The minimum Gasteiger partial charge on any atom is -0.355 e. The van der Waals surface area contributed by atoms with Crippen LogP contribution in [0.2, 0.25) is 10.0 Å². The van der Waals surface area contributed by atoms with E-state index in [-0.39, 0.29) is 36.8 Å². The molecular formula is C13H18Cl3N3O2. The van der Waals surface area contributed by atoms with Crippen molar-refractivity contribution in [2.24, 2.45) is 5.73 Å². The van der Waals surface area contributed by atoms with E-state index in [9.17, 15) is 9.59 Å². The van der Waals surface area contributed by atoms with Gasteiger partial charge in [0.2, 0.25) is 5.91 Å². The van der Waals surface area contributed by atoms with Gasteiger partial charge in [0.1, 0.15) is 0 Å². The minimum absolute atomic E-state index is 0. The van der Waals surface area contributed by atoms with Gasteiger partial charge < -0.3 is 16.4 Å². The number of amides is 2. The lowest BCUT2D eigenvalue weighted by Gasteiger charge is -2.08. The van der Waals surface area contributed by atoms with Crippen molar-refractivity contribution in [3.05, 3.63) is 33.8 Å². The fourth-order valence-corrected chi connectivity index (χ4v) is 1.70. The summed E-state index contributed by atoms with van der Waals surface area (Å²) in [6, 6.07) is 4.55. The van der Waals surface area contributed by atoms with Gasteiger partial charge in [0, 0.05) is 18.2 Å². The summed E-state index contributed by atoms with van der Waals surface area (Å²) >= 11 is 11.6. The Labute approximate surface area is 140 Å². The van der Waals surface area contributed by atoms with Gasteiger partial charge in [-0.1, -0.05) is 23.2 Å². The van der Waals surface area contributed by atoms with Crippen molar-refractivity contribution in [2.75, 3.05) is 13.1 Å². The van der Waals surface area contributed by atoms with Crippen LogP contribution in [0.5, 0.6) is 0 Å². The molecule has 0 aliphatic heterocycles. The molecule has 0 spiro atoms. The fourth-order valence-electron chi connectivity index (χ4n) is 1.40. The fraction of sp³-hybridized carbons (Fsp3) is 0.385.